The minimum absolute atomic E-state index is 0.107. The first-order valence-electron chi connectivity index (χ1n) is 23.7. The Hall–Kier alpha value is -8.52. The van der Waals surface area contributed by atoms with E-state index in [1.165, 1.54) is 99.8 Å². The Morgan fingerprint density at radius 3 is 1.43 bits per heavy atom. The van der Waals surface area contributed by atoms with Crippen molar-refractivity contribution in [2.45, 2.75) is 19.3 Å². The maximum atomic E-state index is 2.42. The molecule has 0 aliphatic heterocycles. The highest BCUT2D eigenvalue weighted by molar-refractivity contribution is 5.95. The van der Waals surface area contributed by atoms with Crippen molar-refractivity contribution in [2.75, 3.05) is 4.90 Å². The zero-order chi connectivity index (χ0) is 45.6. The first-order chi connectivity index (χ1) is 33.5. The minimum atomic E-state index is -0.107. The summed E-state index contributed by atoms with van der Waals surface area (Å²) in [5.41, 5.74) is 23.1. The summed E-state index contributed by atoms with van der Waals surface area (Å²) in [5, 5.41) is 2.51. The van der Waals surface area contributed by atoms with Crippen molar-refractivity contribution in [3.05, 3.63) is 272 Å². The lowest BCUT2D eigenvalue weighted by molar-refractivity contribution is 0.662. The predicted octanol–water partition coefficient (Wildman–Crippen LogP) is 18.6. The lowest BCUT2D eigenvalue weighted by Gasteiger charge is -2.29. The highest BCUT2D eigenvalue weighted by Crippen LogP contribution is 2.52. The molecular weight excluding hydrogens is 819 g/mol. The van der Waals surface area contributed by atoms with Crippen LogP contribution in [0.3, 0.4) is 0 Å². The normalized spacial score (nSPS) is 12.4. The van der Waals surface area contributed by atoms with Gasteiger partial charge in [-0.05, 0) is 137 Å². The van der Waals surface area contributed by atoms with Crippen LogP contribution in [-0.4, -0.2) is 0 Å². The molecule has 0 unspecified atom stereocenters. The van der Waals surface area contributed by atoms with Crippen LogP contribution in [0.15, 0.2) is 261 Å². The predicted molar refractivity (Wildman–Crippen MR) is 289 cm³/mol. The molecule has 12 rings (SSSR count). The molecule has 322 valence electrons. The molecule has 0 aromatic heterocycles. The van der Waals surface area contributed by atoms with Crippen LogP contribution in [0.5, 0.6) is 0 Å². The van der Waals surface area contributed by atoms with E-state index in [1.54, 1.807) is 0 Å². The standard InChI is InChI=1S/C67H49N/c1-67(2)64-28-12-10-24-61(64)63-27-15-26-59(66(63)67)51-38-42-57(43-39-51)68(65-29-13-11-25-62(65)60-23-9-8-22-58(60)50-17-4-3-5-18-50)56-40-36-48(37-41-56)47-30-32-49(33-31-47)53-20-14-21-54(44-53)55-35-34-46-16-6-7-19-52(46)45-55/h3-45H,1-2H3. The number of para-hydroxylation sites is 1. The Balaban J connectivity index is 0.910. The van der Waals surface area contributed by atoms with E-state index < -0.39 is 0 Å². The number of rotatable bonds is 9. The molecule has 0 fully saturated rings. The van der Waals surface area contributed by atoms with Gasteiger partial charge in [-0.1, -0.05) is 232 Å². The van der Waals surface area contributed by atoms with Crippen molar-refractivity contribution < 1.29 is 0 Å². The van der Waals surface area contributed by atoms with Gasteiger partial charge in [-0.2, -0.15) is 0 Å². The number of anilines is 3. The molecule has 1 heteroatoms. The molecule has 0 spiro atoms. The van der Waals surface area contributed by atoms with E-state index >= 15 is 0 Å². The van der Waals surface area contributed by atoms with Crippen molar-refractivity contribution in [1.82, 2.24) is 0 Å². The summed E-state index contributed by atoms with van der Waals surface area (Å²) in [5.74, 6) is 0. The molecule has 0 saturated carbocycles. The second-order valence-electron chi connectivity index (χ2n) is 18.5. The average molecular weight is 868 g/mol. The van der Waals surface area contributed by atoms with Crippen LogP contribution in [0.1, 0.15) is 25.0 Å². The second kappa shape index (κ2) is 17.0. The second-order valence-corrected chi connectivity index (χ2v) is 18.5. The van der Waals surface area contributed by atoms with E-state index in [-0.39, 0.29) is 5.41 Å². The third-order valence-corrected chi connectivity index (χ3v) is 14.1. The van der Waals surface area contributed by atoms with Gasteiger partial charge >= 0.3 is 0 Å². The van der Waals surface area contributed by atoms with Crippen LogP contribution in [0.25, 0.3) is 88.7 Å². The minimum Gasteiger partial charge on any atom is -0.310 e. The Labute approximate surface area is 399 Å². The van der Waals surface area contributed by atoms with Gasteiger partial charge in [0.05, 0.1) is 5.69 Å². The Morgan fingerprint density at radius 2 is 0.706 bits per heavy atom. The molecule has 0 saturated heterocycles. The lowest BCUT2D eigenvalue weighted by Crippen LogP contribution is -2.16. The van der Waals surface area contributed by atoms with Gasteiger partial charge in [0.15, 0.2) is 0 Å². The molecule has 0 atom stereocenters. The Kier molecular flexibility index (Phi) is 10.3. The summed E-state index contributed by atoms with van der Waals surface area (Å²) in [4.78, 5) is 2.42. The molecule has 0 radical (unpaired) electrons. The maximum absolute atomic E-state index is 2.42. The highest BCUT2D eigenvalue weighted by Gasteiger charge is 2.37. The molecule has 0 amide bonds. The third-order valence-electron chi connectivity index (χ3n) is 14.1. The van der Waals surface area contributed by atoms with Gasteiger partial charge < -0.3 is 4.90 Å². The molecular formula is C67H49N. The highest BCUT2D eigenvalue weighted by atomic mass is 15.1. The van der Waals surface area contributed by atoms with E-state index in [1.807, 2.05) is 0 Å². The van der Waals surface area contributed by atoms with Crippen molar-refractivity contribution in [1.29, 1.82) is 0 Å². The van der Waals surface area contributed by atoms with Crippen molar-refractivity contribution in [3.8, 4) is 77.9 Å². The summed E-state index contributed by atoms with van der Waals surface area (Å²) >= 11 is 0. The van der Waals surface area contributed by atoms with Gasteiger partial charge in [0, 0.05) is 22.4 Å². The summed E-state index contributed by atoms with van der Waals surface area (Å²) in [6.45, 7) is 4.73. The molecule has 0 bridgehead atoms. The van der Waals surface area contributed by atoms with Crippen LogP contribution in [-0.2, 0) is 5.41 Å². The number of fused-ring (bicyclic) bond motifs is 4. The van der Waals surface area contributed by atoms with Gasteiger partial charge in [0.2, 0.25) is 0 Å². The van der Waals surface area contributed by atoms with Crippen LogP contribution in [0.4, 0.5) is 17.1 Å². The number of benzene rings is 11. The quantitative estimate of drug-likeness (QED) is 0.140. The zero-order valence-electron chi connectivity index (χ0n) is 38.3. The molecule has 68 heavy (non-hydrogen) atoms. The number of hydrogen-bond donors (Lipinski definition) is 0. The fourth-order valence-electron chi connectivity index (χ4n) is 10.7. The maximum Gasteiger partial charge on any atom is 0.0540 e. The monoisotopic (exact) mass is 867 g/mol. The van der Waals surface area contributed by atoms with E-state index in [4.69, 9.17) is 0 Å². The van der Waals surface area contributed by atoms with E-state index in [9.17, 15) is 0 Å². The van der Waals surface area contributed by atoms with E-state index in [2.05, 4.69) is 280 Å². The van der Waals surface area contributed by atoms with Gasteiger partial charge in [-0.15, -0.1) is 0 Å². The third kappa shape index (κ3) is 7.30. The van der Waals surface area contributed by atoms with Crippen molar-refractivity contribution in [3.63, 3.8) is 0 Å². The van der Waals surface area contributed by atoms with Gasteiger partial charge in [0.1, 0.15) is 0 Å². The van der Waals surface area contributed by atoms with Gasteiger partial charge in [0.25, 0.3) is 0 Å². The first kappa shape index (κ1) is 40.9. The van der Waals surface area contributed by atoms with Crippen LogP contribution >= 0.6 is 0 Å². The Morgan fingerprint density at radius 1 is 0.265 bits per heavy atom. The van der Waals surface area contributed by atoms with E-state index in [0.29, 0.717) is 0 Å². The molecule has 11 aromatic carbocycles. The van der Waals surface area contributed by atoms with Crippen molar-refractivity contribution in [2.24, 2.45) is 0 Å². The molecule has 1 nitrogen and oxygen atoms in total. The van der Waals surface area contributed by atoms with Gasteiger partial charge in [-0.3, -0.25) is 0 Å². The molecule has 11 aromatic rings. The SMILES string of the molecule is CC1(C)c2ccccc2-c2cccc(-c3ccc(N(c4ccc(-c5ccc(-c6cccc(-c7ccc8ccccc8c7)c6)cc5)cc4)c4ccccc4-c4ccccc4-c4ccccc4)cc3)c21. The lowest BCUT2D eigenvalue weighted by atomic mass is 9.79. The molecule has 1 aliphatic rings. The smallest absolute Gasteiger partial charge is 0.0540 e. The van der Waals surface area contributed by atoms with Crippen LogP contribution < -0.4 is 4.90 Å². The fraction of sp³-hybridized carbons (Fsp3) is 0.0448. The summed E-state index contributed by atoms with van der Waals surface area (Å²) < 4.78 is 0. The van der Waals surface area contributed by atoms with Crippen LogP contribution in [0.2, 0.25) is 0 Å². The average Bonchev–Trinajstić information content (AvgIpc) is 3.65. The van der Waals surface area contributed by atoms with Crippen LogP contribution in [0, 0.1) is 0 Å². The summed E-state index contributed by atoms with van der Waals surface area (Å²) in [7, 11) is 0. The summed E-state index contributed by atoms with van der Waals surface area (Å²) in [6, 6.07) is 95.5. The van der Waals surface area contributed by atoms with Crippen molar-refractivity contribution >= 4 is 27.8 Å². The first-order valence-corrected chi connectivity index (χ1v) is 23.7. The largest absolute Gasteiger partial charge is 0.310 e. The fourth-order valence-corrected chi connectivity index (χ4v) is 10.7. The summed E-state index contributed by atoms with van der Waals surface area (Å²) in [6.07, 6.45) is 0. The Bertz CT molecular complexity index is 3620. The van der Waals surface area contributed by atoms with Gasteiger partial charge in [-0.25, -0.2) is 0 Å². The molecule has 0 N–H and O–H groups in total. The molecule has 1 aliphatic carbocycles. The topological polar surface area (TPSA) is 3.24 Å². The van der Waals surface area contributed by atoms with E-state index in [0.717, 1.165) is 17.1 Å². The number of hydrogen-bond acceptors (Lipinski definition) is 1. The zero-order valence-corrected chi connectivity index (χ0v) is 38.3. The number of nitrogens with zero attached hydrogens (tertiary/aromatic N) is 1. The molecule has 0 heterocycles.